The van der Waals surface area contributed by atoms with E-state index in [0.717, 1.165) is 24.1 Å². The Kier molecular flexibility index (Phi) is 6.06. The lowest BCUT2D eigenvalue weighted by atomic mass is 9.86. The highest BCUT2D eigenvalue weighted by molar-refractivity contribution is 5.74. The number of amides is 2. The molecule has 0 aromatic heterocycles. The Morgan fingerprint density at radius 2 is 1.83 bits per heavy atom. The normalized spacial score (nSPS) is 20.3. The Balaban J connectivity index is 1.84. The third-order valence-corrected chi connectivity index (χ3v) is 4.60. The molecule has 132 valence electrons. The number of nitrogens with one attached hydrogen (secondary N) is 1. The van der Waals surface area contributed by atoms with Crippen LogP contribution in [0.5, 0.6) is 0 Å². The fraction of sp³-hybridized carbons (Fsp3) is 0.556. The zero-order valence-corrected chi connectivity index (χ0v) is 14.7. The van der Waals surface area contributed by atoms with Gasteiger partial charge in [0.15, 0.2) is 0 Å². The van der Waals surface area contributed by atoms with Crippen molar-refractivity contribution in [2.75, 3.05) is 26.0 Å². The van der Waals surface area contributed by atoms with Gasteiger partial charge < -0.3 is 20.2 Å². The van der Waals surface area contributed by atoms with Crippen LogP contribution in [-0.2, 0) is 11.3 Å². The van der Waals surface area contributed by atoms with Gasteiger partial charge in [-0.15, -0.1) is 0 Å². The van der Waals surface area contributed by atoms with Gasteiger partial charge in [0, 0.05) is 39.4 Å². The van der Waals surface area contributed by atoms with E-state index >= 15 is 0 Å². The first-order valence-electron chi connectivity index (χ1n) is 8.37. The molecule has 1 saturated carbocycles. The number of rotatable bonds is 5. The van der Waals surface area contributed by atoms with Gasteiger partial charge in [-0.1, -0.05) is 12.1 Å². The summed E-state index contributed by atoms with van der Waals surface area (Å²) in [5.74, 6) is -0.984. The Morgan fingerprint density at radius 1 is 1.17 bits per heavy atom. The number of carbonyl (C=O) groups is 2. The van der Waals surface area contributed by atoms with Gasteiger partial charge in [-0.05, 0) is 43.4 Å². The molecule has 0 radical (unpaired) electrons. The van der Waals surface area contributed by atoms with Crippen LogP contribution in [0.4, 0.5) is 10.5 Å². The van der Waals surface area contributed by atoms with Crippen molar-refractivity contribution in [2.45, 2.75) is 38.3 Å². The molecule has 6 heteroatoms. The van der Waals surface area contributed by atoms with Gasteiger partial charge in [0.05, 0.1) is 5.92 Å². The summed E-state index contributed by atoms with van der Waals surface area (Å²) in [7, 11) is 5.76. The zero-order valence-electron chi connectivity index (χ0n) is 14.7. The van der Waals surface area contributed by atoms with Crippen molar-refractivity contribution in [3.8, 4) is 0 Å². The molecule has 0 unspecified atom stereocenters. The maximum Gasteiger partial charge on any atom is 0.317 e. The number of hydrogen-bond donors (Lipinski definition) is 2. The van der Waals surface area contributed by atoms with Crippen LogP contribution in [0.1, 0.15) is 31.2 Å². The summed E-state index contributed by atoms with van der Waals surface area (Å²) in [6.45, 7) is 0.540. The molecule has 0 saturated heterocycles. The molecular weight excluding hydrogens is 306 g/mol. The quantitative estimate of drug-likeness (QED) is 0.868. The van der Waals surface area contributed by atoms with E-state index in [1.54, 1.807) is 11.9 Å². The number of benzene rings is 1. The van der Waals surface area contributed by atoms with Crippen LogP contribution in [0.25, 0.3) is 0 Å². The Bertz CT molecular complexity index is 581. The van der Waals surface area contributed by atoms with Gasteiger partial charge in [-0.2, -0.15) is 0 Å². The highest BCUT2D eigenvalue weighted by Crippen LogP contribution is 2.24. The summed E-state index contributed by atoms with van der Waals surface area (Å²) in [5.41, 5.74) is 2.18. The minimum atomic E-state index is -0.724. The van der Waals surface area contributed by atoms with Crippen molar-refractivity contribution in [2.24, 2.45) is 5.92 Å². The van der Waals surface area contributed by atoms with Crippen LogP contribution in [-0.4, -0.2) is 49.2 Å². The lowest BCUT2D eigenvalue weighted by Gasteiger charge is -2.29. The van der Waals surface area contributed by atoms with E-state index < -0.39 is 5.97 Å². The fourth-order valence-electron chi connectivity index (χ4n) is 3.05. The lowest BCUT2D eigenvalue weighted by molar-refractivity contribution is -0.142. The molecule has 0 atom stereocenters. The summed E-state index contributed by atoms with van der Waals surface area (Å²) < 4.78 is 0. The third kappa shape index (κ3) is 4.88. The summed E-state index contributed by atoms with van der Waals surface area (Å²) in [6, 6.07) is 8.07. The van der Waals surface area contributed by atoms with Crippen LogP contribution in [0.3, 0.4) is 0 Å². The van der Waals surface area contributed by atoms with Gasteiger partial charge in [0.1, 0.15) is 0 Å². The SMILES string of the molecule is CN(Cc1cccc(N(C)C)c1)C(=O)NC1CCC(C(=O)O)CC1. The van der Waals surface area contributed by atoms with Gasteiger partial charge in [-0.3, -0.25) is 4.79 Å². The summed E-state index contributed by atoms with van der Waals surface area (Å²) in [5, 5.41) is 12.0. The molecule has 0 heterocycles. The Hall–Kier alpha value is -2.24. The van der Waals surface area contributed by atoms with Gasteiger partial charge in [-0.25, -0.2) is 4.79 Å². The molecule has 1 aliphatic rings. The number of urea groups is 1. The van der Waals surface area contributed by atoms with Crippen LogP contribution in [0.2, 0.25) is 0 Å². The number of carboxylic acids is 1. The highest BCUT2D eigenvalue weighted by atomic mass is 16.4. The molecule has 2 N–H and O–H groups in total. The van der Waals surface area contributed by atoms with Gasteiger partial charge in [0.25, 0.3) is 0 Å². The second-order valence-electron chi connectivity index (χ2n) is 6.76. The average molecular weight is 333 g/mol. The van der Waals surface area contributed by atoms with E-state index in [2.05, 4.69) is 11.4 Å². The standard InChI is InChI=1S/C18H27N3O3/c1-20(2)16-6-4-5-13(11-16)12-21(3)18(24)19-15-9-7-14(8-10-15)17(22)23/h4-6,11,14-15H,7-10,12H2,1-3H3,(H,19,24)(H,22,23). The third-order valence-electron chi connectivity index (χ3n) is 4.60. The fourth-order valence-corrected chi connectivity index (χ4v) is 3.05. The lowest BCUT2D eigenvalue weighted by Crippen LogP contribution is -2.44. The number of carbonyl (C=O) groups excluding carboxylic acids is 1. The van der Waals surface area contributed by atoms with Crippen LogP contribution in [0, 0.1) is 5.92 Å². The number of carboxylic acid groups (broad SMARTS) is 1. The predicted molar refractivity (Wildman–Crippen MR) is 94.1 cm³/mol. The summed E-state index contributed by atoms with van der Waals surface area (Å²) >= 11 is 0. The van der Waals surface area contributed by atoms with E-state index in [9.17, 15) is 9.59 Å². The maximum atomic E-state index is 12.3. The molecule has 0 spiro atoms. The first-order chi connectivity index (χ1) is 11.4. The molecule has 0 aliphatic heterocycles. The maximum absolute atomic E-state index is 12.3. The molecule has 1 aromatic carbocycles. The van der Waals surface area contributed by atoms with E-state index in [1.165, 1.54) is 0 Å². The predicted octanol–water partition coefficient (Wildman–Crippen LogP) is 2.54. The van der Waals surface area contributed by atoms with Gasteiger partial charge in [0.2, 0.25) is 0 Å². The van der Waals surface area contributed by atoms with Crippen molar-refractivity contribution >= 4 is 17.7 Å². The Morgan fingerprint density at radius 3 is 2.42 bits per heavy atom. The van der Waals surface area contributed by atoms with Crippen molar-refractivity contribution < 1.29 is 14.7 Å². The first-order valence-corrected chi connectivity index (χ1v) is 8.37. The highest BCUT2D eigenvalue weighted by Gasteiger charge is 2.27. The van der Waals surface area contributed by atoms with E-state index in [4.69, 9.17) is 5.11 Å². The Labute approximate surface area is 143 Å². The largest absolute Gasteiger partial charge is 0.481 e. The smallest absolute Gasteiger partial charge is 0.317 e. The molecule has 24 heavy (non-hydrogen) atoms. The molecule has 1 aromatic rings. The van der Waals surface area contributed by atoms with E-state index in [0.29, 0.717) is 19.4 Å². The molecular formula is C18H27N3O3. The van der Waals surface area contributed by atoms with Crippen LogP contribution < -0.4 is 10.2 Å². The molecule has 2 rings (SSSR count). The molecule has 0 bridgehead atoms. The molecule has 1 fully saturated rings. The number of hydrogen-bond acceptors (Lipinski definition) is 3. The second kappa shape index (κ2) is 8.04. The van der Waals surface area contributed by atoms with E-state index in [1.807, 2.05) is 37.2 Å². The average Bonchev–Trinajstić information content (AvgIpc) is 2.55. The second-order valence-corrected chi connectivity index (χ2v) is 6.76. The van der Waals surface area contributed by atoms with Crippen LogP contribution in [0.15, 0.2) is 24.3 Å². The minimum absolute atomic E-state index is 0.0728. The summed E-state index contributed by atoms with van der Waals surface area (Å²) in [6.07, 6.45) is 2.73. The first kappa shape index (κ1) is 18.1. The summed E-state index contributed by atoms with van der Waals surface area (Å²) in [4.78, 5) is 27.0. The van der Waals surface area contributed by atoms with E-state index in [-0.39, 0.29) is 18.0 Å². The molecule has 2 amide bonds. The number of anilines is 1. The van der Waals surface area contributed by atoms with Gasteiger partial charge >= 0.3 is 12.0 Å². The monoisotopic (exact) mass is 333 g/mol. The molecule has 1 aliphatic carbocycles. The zero-order chi connectivity index (χ0) is 17.7. The minimum Gasteiger partial charge on any atom is -0.481 e. The van der Waals surface area contributed by atoms with Crippen molar-refractivity contribution in [1.29, 1.82) is 0 Å². The topological polar surface area (TPSA) is 72.9 Å². The molecule has 6 nitrogen and oxygen atoms in total. The van der Waals surface area contributed by atoms with Crippen molar-refractivity contribution in [3.05, 3.63) is 29.8 Å². The number of nitrogens with zero attached hydrogens (tertiary/aromatic N) is 2. The number of aliphatic carboxylic acids is 1. The van der Waals surface area contributed by atoms with Crippen molar-refractivity contribution in [1.82, 2.24) is 10.2 Å². The van der Waals surface area contributed by atoms with Crippen molar-refractivity contribution in [3.63, 3.8) is 0 Å². The van der Waals surface area contributed by atoms with Crippen LogP contribution >= 0.6 is 0 Å².